The Morgan fingerprint density at radius 3 is 2.35 bits per heavy atom. The van der Waals surface area contributed by atoms with Gasteiger partial charge in [0.2, 0.25) is 0 Å². The Labute approximate surface area is 105 Å². The number of allylic oxidation sites excluding steroid dienone is 9. The maximum atomic E-state index is 3.76. The van der Waals surface area contributed by atoms with Crippen molar-refractivity contribution in [3.05, 3.63) is 71.7 Å². The van der Waals surface area contributed by atoms with Crippen LogP contribution in [0.2, 0.25) is 0 Å². The lowest BCUT2D eigenvalue weighted by atomic mass is 9.95. The lowest BCUT2D eigenvalue weighted by molar-refractivity contribution is 0.902. The molecule has 1 rings (SSSR count). The highest BCUT2D eigenvalue weighted by atomic mass is 14.9. The fraction of sp³-hybridized carbons (Fsp3) is 0.250. The van der Waals surface area contributed by atoms with Gasteiger partial charge in [-0.05, 0) is 44.1 Å². The van der Waals surface area contributed by atoms with Crippen molar-refractivity contribution >= 4 is 0 Å². The second-order valence-corrected chi connectivity index (χ2v) is 3.87. The van der Waals surface area contributed by atoms with Crippen molar-refractivity contribution in [1.29, 1.82) is 0 Å². The number of hydrogen-bond donors (Lipinski definition) is 1. The van der Waals surface area contributed by atoms with E-state index in [1.165, 1.54) is 16.8 Å². The van der Waals surface area contributed by atoms with E-state index in [9.17, 15) is 0 Å². The predicted octanol–water partition coefficient (Wildman–Crippen LogP) is 4.40. The van der Waals surface area contributed by atoms with E-state index in [1.807, 2.05) is 26.0 Å². The van der Waals surface area contributed by atoms with E-state index < -0.39 is 0 Å². The highest BCUT2D eigenvalue weighted by molar-refractivity contribution is 5.48. The fourth-order valence-electron chi connectivity index (χ4n) is 1.89. The van der Waals surface area contributed by atoms with Gasteiger partial charge in [-0.15, -0.1) is 0 Å². The minimum Gasteiger partial charge on any atom is -0.355 e. The van der Waals surface area contributed by atoms with Crippen molar-refractivity contribution in [3.63, 3.8) is 0 Å². The van der Waals surface area contributed by atoms with Gasteiger partial charge in [-0.2, -0.15) is 0 Å². The van der Waals surface area contributed by atoms with E-state index in [0.717, 1.165) is 12.1 Å². The molecule has 0 atom stereocenters. The molecule has 0 aromatic heterocycles. The van der Waals surface area contributed by atoms with Crippen molar-refractivity contribution in [2.24, 2.45) is 0 Å². The van der Waals surface area contributed by atoms with Gasteiger partial charge in [0.15, 0.2) is 0 Å². The number of hydrogen-bond acceptors (Lipinski definition) is 1. The average Bonchev–Trinajstić information content (AvgIpc) is 2.33. The summed E-state index contributed by atoms with van der Waals surface area (Å²) in [6.07, 6.45) is 15.4. The fourth-order valence-corrected chi connectivity index (χ4v) is 1.89. The molecule has 1 aliphatic heterocycles. The minimum absolute atomic E-state index is 0.965. The zero-order chi connectivity index (χ0) is 12.7. The number of nitrogens with one attached hydrogen (secondary N) is 1. The zero-order valence-corrected chi connectivity index (χ0v) is 11.0. The van der Waals surface area contributed by atoms with E-state index in [2.05, 4.69) is 49.2 Å². The summed E-state index contributed by atoms with van der Waals surface area (Å²) in [4.78, 5) is 0. The molecule has 1 nitrogen and oxygen atoms in total. The predicted molar refractivity (Wildman–Crippen MR) is 76.4 cm³/mol. The van der Waals surface area contributed by atoms with Crippen LogP contribution in [0.25, 0.3) is 0 Å². The van der Waals surface area contributed by atoms with Gasteiger partial charge in [0, 0.05) is 17.8 Å². The van der Waals surface area contributed by atoms with Gasteiger partial charge in [0.25, 0.3) is 0 Å². The molecule has 0 aliphatic carbocycles. The maximum absolute atomic E-state index is 3.76. The molecule has 0 amide bonds. The lowest BCUT2D eigenvalue weighted by Crippen LogP contribution is -2.20. The van der Waals surface area contributed by atoms with Crippen molar-refractivity contribution in [2.75, 3.05) is 0 Å². The highest BCUT2D eigenvalue weighted by Gasteiger charge is 2.15. The molecule has 1 heterocycles. The first kappa shape index (κ1) is 13.3. The topological polar surface area (TPSA) is 12.0 Å². The monoisotopic (exact) mass is 227 g/mol. The smallest absolute Gasteiger partial charge is 0.0416 e. The Hall–Kier alpha value is -1.76. The van der Waals surface area contributed by atoms with Gasteiger partial charge in [0.05, 0.1) is 0 Å². The summed E-state index contributed by atoms with van der Waals surface area (Å²) in [6, 6.07) is 0. The molecule has 0 radical (unpaired) electrons. The first-order valence-corrected chi connectivity index (χ1v) is 6.00. The van der Waals surface area contributed by atoms with Gasteiger partial charge < -0.3 is 5.32 Å². The summed E-state index contributed by atoms with van der Waals surface area (Å²) in [7, 11) is 0. The van der Waals surface area contributed by atoms with Crippen molar-refractivity contribution in [2.45, 2.75) is 27.2 Å². The first-order chi connectivity index (χ1) is 8.26. The van der Waals surface area contributed by atoms with Crippen LogP contribution in [0.1, 0.15) is 27.2 Å². The summed E-state index contributed by atoms with van der Waals surface area (Å²) in [5, 5.41) is 3.45. The first-order valence-electron chi connectivity index (χ1n) is 6.00. The Balaban J connectivity index is 3.20. The SMILES string of the molecule is C=C/C=C1/NC(/C=C\C)=C(/C=C\C)C/C1=C/C. The van der Waals surface area contributed by atoms with Crippen molar-refractivity contribution in [1.82, 2.24) is 5.32 Å². The second-order valence-electron chi connectivity index (χ2n) is 3.87. The molecule has 0 bridgehead atoms. The van der Waals surface area contributed by atoms with Gasteiger partial charge in [-0.3, -0.25) is 0 Å². The Bertz CT molecular complexity index is 428. The largest absolute Gasteiger partial charge is 0.355 e. The van der Waals surface area contributed by atoms with Crippen LogP contribution in [0.5, 0.6) is 0 Å². The normalized spacial score (nSPS) is 21.8. The van der Waals surface area contributed by atoms with Crippen LogP contribution in [0.4, 0.5) is 0 Å². The minimum atomic E-state index is 0.965. The highest BCUT2D eigenvalue weighted by Crippen LogP contribution is 2.27. The van der Waals surface area contributed by atoms with Crippen LogP contribution >= 0.6 is 0 Å². The van der Waals surface area contributed by atoms with E-state index in [1.54, 1.807) is 0 Å². The summed E-state index contributed by atoms with van der Waals surface area (Å²) < 4.78 is 0. The maximum Gasteiger partial charge on any atom is 0.0416 e. The van der Waals surface area contributed by atoms with E-state index in [4.69, 9.17) is 0 Å². The third-order valence-corrected chi connectivity index (χ3v) is 2.68. The molecule has 90 valence electrons. The quantitative estimate of drug-likeness (QED) is 0.753. The Morgan fingerprint density at radius 1 is 1.12 bits per heavy atom. The molecule has 1 N–H and O–H groups in total. The lowest BCUT2D eigenvalue weighted by Gasteiger charge is -2.24. The van der Waals surface area contributed by atoms with Crippen molar-refractivity contribution in [3.8, 4) is 0 Å². The molecule has 17 heavy (non-hydrogen) atoms. The van der Waals surface area contributed by atoms with Gasteiger partial charge in [-0.1, -0.05) is 37.0 Å². The average molecular weight is 227 g/mol. The summed E-state index contributed by atoms with van der Waals surface area (Å²) in [5.74, 6) is 0. The zero-order valence-electron chi connectivity index (χ0n) is 11.0. The molecule has 0 unspecified atom stereocenters. The molecular formula is C16H21N. The summed E-state index contributed by atoms with van der Waals surface area (Å²) in [5.41, 5.74) is 4.94. The van der Waals surface area contributed by atoms with Crippen LogP contribution < -0.4 is 5.32 Å². The summed E-state index contributed by atoms with van der Waals surface area (Å²) >= 11 is 0. The van der Waals surface area contributed by atoms with Crippen LogP contribution in [0.3, 0.4) is 0 Å². The van der Waals surface area contributed by atoms with Crippen LogP contribution in [0.15, 0.2) is 71.7 Å². The molecule has 0 aromatic carbocycles. The van der Waals surface area contributed by atoms with Crippen molar-refractivity contribution < 1.29 is 0 Å². The van der Waals surface area contributed by atoms with Crippen LogP contribution in [-0.2, 0) is 0 Å². The Kier molecular flexibility index (Phi) is 5.28. The van der Waals surface area contributed by atoms with E-state index in [0.29, 0.717) is 0 Å². The van der Waals surface area contributed by atoms with Crippen LogP contribution in [-0.4, -0.2) is 0 Å². The number of rotatable bonds is 3. The molecule has 1 aliphatic rings. The molecule has 0 saturated carbocycles. The molecular weight excluding hydrogens is 206 g/mol. The van der Waals surface area contributed by atoms with E-state index in [-0.39, 0.29) is 0 Å². The molecule has 0 aromatic rings. The third kappa shape index (κ3) is 3.35. The van der Waals surface area contributed by atoms with Gasteiger partial charge in [0.1, 0.15) is 0 Å². The second kappa shape index (κ2) is 6.74. The van der Waals surface area contributed by atoms with Crippen LogP contribution in [0, 0.1) is 0 Å². The molecule has 0 fully saturated rings. The van der Waals surface area contributed by atoms with Gasteiger partial charge >= 0.3 is 0 Å². The molecule has 1 heteroatoms. The summed E-state index contributed by atoms with van der Waals surface area (Å²) in [6.45, 7) is 9.91. The third-order valence-electron chi connectivity index (χ3n) is 2.68. The molecule has 0 spiro atoms. The molecule has 0 saturated heterocycles. The van der Waals surface area contributed by atoms with Gasteiger partial charge in [-0.25, -0.2) is 0 Å². The Morgan fingerprint density at radius 2 is 1.82 bits per heavy atom. The van der Waals surface area contributed by atoms with E-state index >= 15 is 0 Å². The standard InChI is InChI=1S/C16H21N/c1-5-9-14-12-13(8-4)15(10-6-2)17-16(14)11-7-3/h5-11,17H,2,12H2,1,3-4H3/b9-5-,11-7-,13-8-,15-10+.